The Hall–Kier alpha value is -1.91. The molecule has 2 aliphatic carbocycles. The number of hydrazine groups is 1. The fourth-order valence-electron chi connectivity index (χ4n) is 3.35. The van der Waals surface area contributed by atoms with Gasteiger partial charge in [-0.2, -0.15) is 0 Å². The van der Waals surface area contributed by atoms with Gasteiger partial charge >= 0.3 is 0 Å². The standard InChI is InChI=1S/C14H17N3O2/c18-13(10-3-5-15-6-4-10)16-17-14(19)12-8-9-1-2-11(12)7-9/h3-6,9,11-12H,1-2,7-8H2,(H,16,18)(H,17,19)/t9-,11-,12+/m0/s1. The van der Waals surface area contributed by atoms with Gasteiger partial charge in [-0.3, -0.25) is 25.4 Å². The van der Waals surface area contributed by atoms with E-state index >= 15 is 0 Å². The molecule has 2 amide bonds. The number of carbonyl (C=O) groups excluding carboxylic acids is 2. The first kappa shape index (κ1) is 12.1. The van der Waals surface area contributed by atoms with Crippen molar-refractivity contribution in [3.05, 3.63) is 30.1 Å². The molecule has 2 aliphatic rings. The SMILES string of the molecule is O=C(NNC(=O)[C@@H]1C[C@H]2CC[C@H]1C2)c1ccncc1. The van der Waals surface area contributed by atoms with Gasteiger partial charge in [-0.25, -0.2) is 0 Å². The summed E-state index contributed by atoms with van der Waals surface area (Å²) in [6.07, 6.45) is 7.66. The second-order valence-corrected chi connectivity index (χ2v) is 5.46. The van der Waals surface area contributed by atoms with Crippen LogP contribution in [0.3, 0.4) is 0 Å². The summed E-state index contributed by atoms with van der Waals surface area (Å²) >= 11 is 0. The Balaban J connectivity index is 1.52. The van der Waals surface area contributed by atoms with E-state index in [2.05, 4.69) is 15.8 Å². The highest BCUT2D eigenvalue weighted by molar-refractivity contribution is 5.95. The highest BCUT2D eigenvalue weighted by atomic mass is 16.2. The molecule has 2 saturated carbocycles. The van der Waals surface area contributed by atoms with Crippen LogP contribution in [0.1, 0.15) is 36.0 Å². The van der Waals surface area contributed by atoms with Crippen LogP contribution in [0.2, 0.25) is 0 Å². The molecule has 3 atom stereocenters. The minimum atomic E-state index is -0.307. The molecule has 2 N–H and O–H groups in total. The number of aromatic nitrogens is 1. The zero-order valence-electron chi connectivity index (χ0n) is 10.6. The second kappa shape index (κ2) is 4.99. The van der Waals surface area contributed by atoms with E-state index in [-0.39, 0.29) is 17.7 Å². The predicted octanol–water partition coefficient (Wildman–Crippen LogP) is 1.28. The molecule has 0 saturated heterocycles. The van der Waals surface area contributed by atoms with Crippen LogP contribution in [0.5, 0.6) is 0 Å². The maximum absolute atomic E-state index is 12.0. The Kier molecular flexibility index (Phi) is 3.19. The molecule has 0 radical (unpaired) electrons. The summed E-state index contributed by atoms with van der Waals surface area (Å²) in [5.41, 5.74) is 5.51. The lowest BCUT2D eigenvalue weighted by molar-refractivity contribution is -0.127. The van der Waals surface area contributed by atoms with Gasteiger partial charge in [0.15, 0.2) is 0 Å². The molecule has 2 fully saturated rings. The van der Waals surface area contributed by atoms with Gasteiger partial charge in [-0.15, -0.1) is 0 Å². The smallest absolute Gasteiger partial charge is 0.269 e. The third-order valence-corrected chi connectivity index (χ3v) is 4.32. The highest BCUT2D eigenvalue weighted by Crippen LogP contribution is 2.48. The van der Waals surface area contributed by atoms with Crippen LogP contribution in [0.15, 0.2) is 24.5 Å². The fourth-order valence-corrected chi connectivity index (χ4v) is 3.35. The van der Waals surface area contributed by atoms with Crippen LogP contribution in [-0.4, -0.2) is 16.8 Å². The quantitative estimate of drug-likeness (QED) is 0.786. The number of hydrogen-bond acceptors (Lipinski definition) is 3. The summed E-state index contributed by atoms with van der Waals surface area (Å²) in [5, 5.41) is 0. The van der Waals surface area contributed by atoms with E-state index in [4.69, 9.17) is 0 Å². The van der Waals surface area contributed by atoms with Crippen molar-refractivity contribution in [1.82, 2.24) is 15.8 Å². The number of nitrogens with zero attached hydrogens (tertiary/aromatic N) is 1. The summed E-state index contributed by atoms with van der Waals surface area (Å²) in [5.74, 6) is 0.962. The van der Waals surface area contributed by atoms with E-state index in [9.17, 15) is 9.59 Å². The van der Waals surface area contributed by atoms with E-state index in [0.29, 0.717) is 11.5 Å². The van der Waals surface area contributed by atoms with Crippen LogP contribution >= 0.6 is 0 Å². The Morgan fingerprint density at radius 1 is 1.11 bits per heavy atom. The maximum atomic E-state index is 12.0. The largest absolute Gasteiger partial charge is 0.273 e. The second-order valence-electron chi connectivity index (χ2n) is 5.46. The predicted molar refractivity (Wildman–Crippen MR) is 68.8 cm³/mol. The Labute approximate surface area is 111 Å². The van der Waals surface area contributed by atoms with Gasteiger partial charge in [-0.05, 0) is 43.2 Å². The molecule has 0 aliphatic heterocycles. The minimum Gasteiger partial charge on any atom is -0.273 e. The van der Waals surface area contributed by atoms with Crippen LogP contribution in [0.25, 0.3) is 0 Å². The molecule has 100 valence electrons. The van der Waals surface area contributed by atoms with Crippen molar-refractivity contribution in [2.45, 2.75) is 25.7 Å². The normalized spacial score (nSPS) is 28.1. The molecular formula is C14H17N3O2. The van der Waals surface area contributed by atoms with Gasteiger partial charge in [0.05, 0.1) is 0 Å². The highest BCUT2D eigenvalue weighted by Gasteiger charge is 2.43. The van der Waals surface area contributed by atoms with Crippen molar-refractivity contribution in [3.8, 4) is 0 Å². The topological polar surface area (TPSA) is 71.1 Å². The number of hydrogen-bond donors (Lipinski definition) is 2. The first-order valence-corrected chi connectivity index (χ1v) is 6.74. The van der Waals surface area contributed by atoms with Crippen molar-refractivity contribution in [1.29, 1.82) is 0 Å². The number of carbonyl (C=O) groups is 2. The number of pyridine rings is 1. The van der Waals surface area contributed by atoms with Crippen LogP contribution in [-0.2, 0) is 4.79 Å². The Morgan fingerprint density at radius 3 is 2.53 bits per heavy atom. The third kappa shape index (κ3) is 2.45. The van der Waals surface area contributed by atoms with E-state index in [1.165, 1.54) is 12.8 Å². The molecular weight excluding hydrogens is 242 g/mol. The van der Waals surface area contributed by atoms with Gasteiger partial charge in [0.2, 0.25) is 5.91 Å². The number of amides is 2. The lowest BCUT2D eigenvalue weighted by atomic mass is 9.88. The molecule has 2 bridgehead atoms. The van der Waals surface area contributed by atoms with E-state index in [1.807, 2.05) is 0 Å². The van der Waals surface area contributed by atoms with E-state index < -0.39 is 0 Å². The zero-order chi connectivity index (χ0) is 13.2. The molecule has 1 aromatic heterocycles. The van der Waals surface area contributed by atoms with Gasteiger partial charge in [-0.1, -0.05) is 6.42 Å². The van der Waals surface area contributed by atoms with Crippen molar-refractivity contribution < 1.29 is 9.59 Å². The number of nitrogens with one attached hydrogen (secondary N) is 2. The molecule has 5 nitrogen and oxygen atoms in total. The number of rotatable bonds is 2. The average molecular weight is 259 g/mol. The van der Waals surface area contributed by atoms with Crippen molar-refractivity contribution in [2.24, 2.45) is 17.8 Å². The van der Waals surface area contributed by atoms with Gasteiger partial charge < -0.3 is 0 Å². The van der Waals surface area contributed by atoms with Crippen molar-refractivity contribution >= 4 is 11.8 Å². The molecule has 19 heavy (non-hydrogen) atoms. The van der Waals surface area contributed by atoms with Crippen LogP contribution in [0.4, 0.5) is 0 Å². The lowest BCUT2D eigenvalue weighted by Crippen LogP contribution is -2.45. The fraction of sp³-hybridized carbons (Fsp3) is 0.500. The monoisotopic (exact) mass is 259 g/mol. The number of fused-ring (bicyclic) bond motifs is 2. The Morgan fingerprint density at radius 2 is 1.89 bits per heavy atom. The van der Waals surface area contributed by atoms with Crippen LogP contribution < -0.4 is 10.9 Å². The summed E-state index contributed by atoms with van der Waals surface area (Å²) in [7, 11) is 0. The molecule has 5 heteroatoms. The molecule has 0 spiro atoms. The summed E-state index contributed by atoms with van der Waals surface area (Å²) in [6, 6.07) is 3.22. The van der Waals surface area contributed by atoms with Crippen molar-refractivity contribution in [3.63, 3.8) is 0 Å². The molecule has 0 aromatic carbocycles. The van der Waals surface area contributed by atoms with Gasteiger partial charge in [0.1, 0.15) is 0 Å². The first-order valence-electron chi connectivity index (χ1n) is 6.74. The minimum absolute atomic E-state index is 0.0467. The van der Waals surface area contributed by atoms with Crippen molar-refractivity contribution in [2.75, 3.05) is 0 Å². The zero-order valence-corrected chi connectivity index (χ0v) is 10.6. The maximum Gasteiger partial charge on any atom is 0.269 e. The van der Waals surface area contributed by atoms with Gasteiger partial charge in [0.25, 0.3) is 5.91 Å². The van der Waals surface area contributed by atoms with Crippen LogP contribution in [0, 0.1) is 17.8 Å². The third-order valence-electron chi connectivity index (χ3n) is 4.32. The molecule has 1 aromatic rings. The summed E-state index contributed by atoms with van der Waals surface area (Å²) in [6.45, 7) is 0. The molecule has 0 unspecified atom stereocenters. The van der Waals surface area contributed by atoms with E-state index in [1.54, 1.807) is 24.5 Å². The summed E-state index contributed by atoms with van der Waals surface area (Å²) in [4.78, 5) is 27.6. The average Bonchev–Trinajstić information content (AvgIpc) is 3.08. The lowest BCUT2D eigenvalue weighted by Gasteiger charge is -2.20. The molecule has 3 rings (SSSR count). The summed E-state index contributed by atoms with van der Waals surface area (Å²) < 4.78 is 0. The van der Waals surface area contributed by atoms with E-state index in [0.717, 1.165) is 18.8 Å². The molecule has 1 heterocycles. The first-order chi connectivity index (χ1) is 9.24. The van der Waals surface area contributed by atoms with Gasteiger partial charge in [0, 0.05) is 23.9 Å². The Bertz CT molecular complexity index is 489.